The number of nitrogens with one attached hydrogen (secondary N) is 1. The molecule has 1 aliphatic rings. The van der Waals surface area contributed by atoms with Gasteiger partial charge in [0.1, 0.15) is 0 Å². The summed E-state index contributed by atoms with van der Waals surface area (Å²) in [5.41, 5.74) is 6.85. The molecule has 0 heterocycles. The highest BCUT2D eigenvalue weighted by molar-refractivity contribution is 7.89. The van der Waals surface area contributed by atoms with Crippen molar-refractivity contribution in [2.45, 2.75) is 63.4 Å². The topological polar surface area (TPSA) is 92.5 Å². The molecule has 3 unspecified atom stereocenters. The number of carbonyl (C=O) groups is 1. The summed E-state index contributed by atoms with van der Waals surface area (Å²) < 4.78 is 26.5. The van der Waals surface area contributed by atoms with Crippen LogP contribution in [0.3, 0.4) is 0 Å². The van der Waals surface area contributed by atoms with Crippen LogP contribution in [0.25, 0.3) is 0 Å². The van der Waals surface area contributed by atoms with E-state index < -0.39 is 10.0 Å². The van der Waals surface area contributed by atoms with Gasteiger partial charge in [0, 0.05) is 25.0 Å². The van der Waals surface area contributed by atoms with Crippen LogP contribution in [-0.2, 0) is 14.8 Å². The molecule has 0 aromatic heterocycles. The summed E-state index contributed by atoms with van der Waals surface area (Å²) in [7, 11) is -3.46. The van der Waals surface area contributed by atoms with Crippen molar-refractivity contribution in [1.82, 2.24) is 9.62 Å². The zero-order valence-electron chi connectivity index (χ0n) is 16.3. The standard InChI is InChI=1S/C19H31N3O3S.ClH/c1-4-22(5-2)26(24,25)18-11-9-15(10-12-18)14(3)21-19(23)16-7-6-8-17(20)13-16;/h9-12,14,16-17H,4-8,13,20H2,1-3H3,(H,21,23);1H. The van der Waals surface area contributed by atoms with Gasteiger partial charge in [0.15, 0.2) is 0 Å². The van der Waals surface area contributed by atoms with Crippen molar-refractivity contribution in [2.24, 2.45) is 11.7 Å². The second kappa shape index (κ2) is 10.4. The highest BCUT2D eigenvalue weighted by Crippen LogP contribution is 2.25. The number of hydrogen-bond acceptors (Lipinski definition) is 4. The average molecular weight is 418 g/mol. The number of hydrogen-bond donors (Lipinski definition) is 2. The third-order valence-electron chi connectivity index (χ3n) is 5.17. The third kappa shape index (κ3) is 5.91. The Morgan fingerprint density at radius 3 is 2.33 bits per heavy atom. The van der Waals surface area contributed by atoms with Gasteiger partial charge in [-0.1, -0.05) is 32.4 Å². The highest BCUT2D eigenvalue weighted by atomic mass is 35.5. The monoisotopic (exact) mass is 417 g/mol. The van der Waals surface area contributed by atoms with Gasteiger partial charge in [0.25, 0.3) is 0 Å². The van der Waals surface area contributed by atoms with E-state index in [0.717, 1.165) is 31.2 Å². The van der Waals surface area contributed by atoms with E-state index in [9.17, 15) is 13.2 Å². The van der Waals surface area contributed by atoms with E-state index in [1.807, 2.05) is 20.8 Å². The lowest BCUT2D eigenvalue weighted by atomic mass is 9.85. The van der Waals surface area contributed by atoms with Gasteiger partial charge < -0.3 is 11.1 Å². The van der Waals surface area contributed by atoms with E-state index in [1.54, 1.807) is 24.3 Å². The Morgan fingerprint density at radius 2 is 1.81 bits per heavy atom. The molecular formula is C19H32ClN3O3S. The molecule has 27 heavy (non-hydrogen) atoms. The maximum absolute atomic E-state index is 12.5. The highest BCUT2D eigenvalue weighted by Gasteiger charge is 2.26. The number of nitrogens with zero attached hydrogens (tertiary/aromatic N) is 1. The summed E-state index contributed by atoms with van der Waals surface area (Å²) in [5, 5.41) is 3.04. The molecular weight excluding hydrogens is 386 g/mol. The minimum absolute atomic E-state index is 0. The Bertz CT molecular complexity index is 705. The van der Waals surface area contributed by atoms with Crippen LogP contribution in [0.4, 0.5) is 0 Å². The molecule has 6 nitrogen and oxygen atoms in total. The Kier molecular flexibility index (Phi) is 9.21. The van der Waals surface area contributed by atoms with Crippen LogP contribution in [0, 0.1) is 5.92 Å². The van der Waals surface area contributed by atoms with E-state index in [-0.39, 0.29) is 41.2 Å². The van der Waals surface area contributed by atoms with Crippen LogP contribution in [0.2, 0.25) is 0 Å². The SMILES string of the molecule is CCN(CC)S(=O)(=O)c1ccc(C(C)NC(=O)C2CCCC(N)C2)cc1.Cl. The average Bonchev–Trinajstić information content (AvgIpc) is 2.62. The van der Waals surface area contributed by atoms with Crippen molar-refractivity contribution in [3.05, 3.63) is 29.8 Å². The first-order valence-electron chi connectivity index (χ1n) is 9.45. The van der Waals surface area contributed by atoms with Crippen LogP contribution >= 0.6 is 12.4 Å². The molecule has 8 heteroatoms. The molecule has 2 rings (SSSR count). The predicted octanol–water partition coefficient (Wildman–Crippen LogP) is 2.83. The molecule has 0 spiro atoms. The van der Waals surface area contributed by atoms with Crippen molar-refractivity contribution in [2.75, 3.05) is 13.1 Å². The van der Waals surface area contributed by atoms with Gasteiger partial charge in [-0.2, -0.15) is 4.31 Å². The quantitative estimate of drug-likeness (QED) is 0.713. The zero-order chi connectivity index (χ0) is 19.3. The second-order valence-corrected chi connectivity index (χ2v) is 8.95. The van der Waals surface area contributed by atoms with Gasteiger partial charge in [0.2, 0.25) is 15.9 Å². The lowest BCUT2D eigenvalue weighted by molar-refractivity contribution is -0.126. The maximum atomic E-state index is 12.5. The van der Waals surface area contributed by atoms with E-state index in [1.165, 1.54) is 4.31 Å². The maximum Gasteiger partial charge on any atom is 0.243 e. The lowest BCUT2D eigenvalue weighted by Crippen LogP contribution is -2.38. The summed E-state index contributed by atoms with van der Waals surface area (Å²) in [6, 6.07) is 6.71. The molecule has 0 radical (unpaired) electrons. The molecule has 0 saturated heterocycles. The van der Waals surface area contributed by atoms with E-state index in [4.69, 9.17) is 5.73 Å². The fourth-order valence-corrected chi connectivity index (χ4v) is 4.98. The summed E-state index contributed by atoms with van der Waals surface area (Å²) >= 11 is 0. The Hall–Kier alpha value is -1.15. The summed E-state index contributed by atoms with van der Waals surface area (Å²) in [4.78, 5) is 12.7. The van der Waals surface area contributed by atoms with Gasteiger partial charge in [-0.3, -0.25) is 4.79 Å². The first kappa shape index (κ1) is 23.9. The number of amides is 1. The molecule has 1 fully saturated rings. The molecule has 0 bridgehead atoms. The first-order chi connectivity index (χ1) is 12.3. The minimum atomic E-state index is -3.46. The fraction of sp³-hybridized carbons (Fsp3) is 0.632. The molecule has 1 aromatic rings. The smallest absolute Gasteiger partial charge is 0.243 e. The summed E-state index contributed by atoms with van der Waals surface area (Å²) in [6.45, 7) is 6.44. The van der Waals surface area contributed by atoms with Crippen molar-refractivity contribution >= 4 is 28.3 Å². The second-order valence-electron chi connectivity index (χ2n) is 7.01. The zero-order valence-corrected chi connectivity index (χ0v) is 18.0. The van der Waals surface area contributed by atoms with Crippen molar-refractivity contribution in [3.8, 4) is 0 Å². The van der Waals surface area contributed by atoms with Gasteiger partial charge >= 0.3 is 0 Å². The van der Waals surface area contributed by atoms with E-state index in [2.05, 4.69) is 5.32 Å². The third-order valence-corrected chi connectivity index (χ3v) is 7.23. The summed E-state index contributed by atoms with van der Waals surface area (Å²) in [5.74, 6) is 0.0102. The molecule has 3 atom stereocenters. The van der Waals surface area contributed by atoms with Crippen LogP contribution in [0.15, 0.2) is 29.2 Å². The minimum Gasteiger partial charge on any atom is -0.349 e. The fourth-order valence-electron chi connectivity index (χ4n) is 3.52. The normalized spacial score (nSPS) is 21.4. The van der Waals surface area contributed by atoms with Crippen LogP contribution in [-0.4, -0.2) is 37.8 Å². The van der Waals surface area contributed by atoms with Gasteiger partial charge in [-0.05, 0) is 43.9 Å². The van der Waals surface area contributed by atoms with Crippen LogP contribution in [0.1, 0.15) is 58.1 Å². The molecule has 1 aromatic carbocycles. The van der Waals surface area contributed by atoms with Crippen LogP contribution < -0.4 is 11.1 Å². The van der Waals surface area contributed by atoms with Gasteiger partial charge in [-0.15, -0.1) is 12.4 Å². The lowest BCUT2D eigenvalue weighted by Gasteiger charge is -2.27. The van der Waals surface area contributed by atoms with Crippen molar-refractivity contribution in [1.29, 1.82) is 0 Å². The number of benzene rings is 1. The molecule has 1 amide bonds. The van der Waals surface area contributed by atoms with Crippen LogP contribution in [0.5, 0.6) is 0 Å². The van der Waals surface area contributed by atoms with Gasteiger partial charge in [-0.25, -0.2) is 8.42 Å². The predicted molar refractivity (Wildman–Crippen MR) is 110 cm³/mol. The van der Waals surface area contributed by atoms with Gasteiger partial charge in [0.05, 0.1) is 10.9 Å². The van der Waals surface area contributed by atoms with E-state index >= 15 is 0 Å². The molecule has 1 saturated carbocycles. The Morgan fingerprint density at radius 1 is 1.22 bits per heavy atom. The number of halogens is 1. The molecule has 154 valence electrons. The van der Waals surface area contributed by atoms with Crippen molar-refractivity contribution < 1.29 is 13.2 Å². The summed E-state index contributed by atoms with van der Waals surface area (Å²) in [6.07, 6.45) is 3.60. The number of sulfonamides is 1. The van der Waals surface area contributed by atoms with E-state index in [0.29, 0.717) is 13.1 Å². The molecule has 0 aliphatic heterocycles. The molecule has 3 N–H and O–H groups in total. The molecule has 1 aliphatic carbocycles. The first-order valence-corrected chi connectivity index (χ1v) is 10.9. The Labute approximate surface area is 169 Å². The number of nitrogens with two attached hydrogens (primary N) is 1. The number of rotatable bonds is 7. The number of carbonyl (C=O) groups excluding carboxylic acids is 1. The van der Waals surface area contributed by atoms with Crippen molar-refractivity contribution in [3.63, 3.8) is 0 Å². The largest absolute Gasteiger partial charge is 0.349 e. The Balaban J connectivity index is 0.00000364.